The molecule has 0 aliphatic heterocycles. The summed E-state index contributed by atoms with van der Waals surface area (Å²) in [5.74, 6) is -0.288. The molecule has 0 aliphatic rings. The predicted molar refractivity (Wildman–Crippen MR) is 68.5 cm³/mol. The summed E-state index contributed by atoms with van der Waals surface area (Å²) in [7, 11) is 0. The Morgan fingerprint density at radius 1 is 1.47 bits per heavy atom. The van der Waals surface area contributed by atoms with E-state index in [9.17, 15) is 9.18 Å². The van der Waals surface area contributed by atoms with Crippen LogP contribution in [0.4, 0.5) is 4.39 Å². The van der Waals surface area contributed by atoms with Gasteiger partial charge in [0.25, 0.3) is 5.89 Å². The van der Waals surface area contributed by atoms with Crippen molar-refractivity contribution in [3.63, 3.8) is 0 Å². The quantitative estimate of drug-likeness (QED) is 0.636. The lowest BCUT2D eigenvalue weighted by molar-refractivity contribution is 0.0526. The highest BCUT2D eigenvalue weighted by atomic mass is 79.9. The number of carbonyl (C=O) groups is 1. The number of nitrogens with zero attached hydrogens (tertiary/aromatic N) is 2. The van der Waals surface area contributed by atoms with E-state index >= 15 is 0 Å². The molecule has 2 rings (SSSR count). The molecule has 7 heteroatoms. The van der Waals surface area contributed by atoms with Gasteiger partial charge in [-0.05, 0) is 35.0 Å². The van der Waals surface area contributed by atoms with Crippen molar-refractivity contribution < 1.29 is 18.4 Å². The highest BCUT2D eigenvalue weighted by Crippen LogP contribution is 2.25. The van der Waals surface area contributed by atoms with E-state index in [-0.39, 0.29) is 11.7 Å². The van der Waals surface area contributed by atoms with Gasteiger partial charge in [-0.2, -0.15) is 4.98 Å². The van der Waals surface area contributed by atoms with Gasteiger partial charge in [-0.15, -0.1) is 0 Å². The Balaban J connectivity index is 2.19. The van der Waals surface area contributed by atoms with Crippen LogP contribution in [-0.2, 0) is 4.74 Å². The van der Waals surface area contributed by atoms with Gasteiger partial charge < -0.3 is 9.26 Å². The van der Waals surface area contributed by atoms with E-state index in [0.717, 1.165) is 0 Å². The monoisotopic (exact) mass is 328 g/mol. The molecule has 0 amide bonds. The number of alkyl halides is 2. The molecule has 5 nitrogen and oxygen atoms in total. The Morgan fingerprint density at radius 2 is 2.16 bits per heavy atom. The van der Waals surface area contributed by atoms with Gasteiger partial charge in [-0.1, -0.05) is 17.3 Å². The number of hydrogen-bond acceptors (Lipinski definition) is 5. The number of benzene rings is 1. The summed E-state index contributed by atoms with van der Waals surface area (Å²) in [6.45, 7) is 2.05. The predicted octanol–water partition coefficient (Wildman–Crippen LogP) is 3.28. The molecule has 0 N–H and O–H groups in total. The Morgan fingerprint density at radius 3 is 2.68 bits per heavy atom. The zero-order chi connectivity index (χ0) is 13.8. The summed E-state index contributed by atoms with van der Waals surface area (Å²) in [4.78, 5) is 15.3. The minimum atomic E-state index is -1.49. The first-order valence-electron chi connectivity index (χ1n) is 5.51. The number of halogens is 2. The molecule has 1 aromatic heterocycles. The number of rotatable bonds is 4. The van der Waals surface area contributed by atoms with Gasteiger partial charge in [0, 0.05) is 5.56 Å². The standard InChI is InChI=1S/C12H10BrFN2O3/c1-2-18-12(17)8-5-3-7(4-6-8)10-15-11(9(13)14)19-16-10/h3-6,9H,2H2,1H3. The second kappa shape index (κ2) is 5.92. The molecule has 0 spiro atoms. The van der Waals surface area contributed by atoms with Crippen LogP contribution in [0.15, 0.2) is 28.8 Å². The van der Waals surface area contributed by atoms with Gasteiger partial charge in [-0.25, -0.2) is 9.18 Å². The van der Waals surface area contributed by atoms with E-state index in [4.69, 9.17) is 9.26 Å². The number of esters is 1. The summed E-state index contributed by atoms with van der Waals surface area (Å²) < 4.78 is 22.5. The molecule has 0 aliphatic carbocycles. The van der Waals surface area contributed by atoms with Crippen molar-refractivity contribution in [1.82, 2.24) is 10.1 Å². The maximum Gasteiger partial charge on any atom is 0.338 e. The summed E-state index contributed by atoms with van der Waals surface area (Å²) in [5, 5.41) is 2.15. The fourth-order valence-electron chi connectivity index (χ4n) is 1.41. The van der Waals surface area contributed by atoms with Crippen LogP contribution < -0.4 is 0 Å². The van der Waals surface area contributed by atoms with Gasteiger partial charge in [0.05, 0.1) is 12.2 Å². The van der Waals surface area contributed by atoms with Gasteiger partial charge in [0.1, 0.15) is 0 Å². The maximum atomic E-state index is 12.9. The normalized spacial score (nSPS) is 12.2. The Hall–Kier alpha value is -1.76. The smallest absolute Gasteiger partial charge is 0.338 e. The first-order chi connectivity index (χ1) is 9.11. The van der Waals surface area contributed by atoms with Crippen molar-refractivity contribution in [1.29, 1.82) is 0 Å². The van der Waals surface area contributed by atoms with E-state index < -0.39 is 11.1 Å². The SMILES string of the molecule is CCOC(=O)c1ccc(-c2noc(C(F)Br)n2)cc1. The van der Waals surface area contributed by atoms with Gasteiger partial charge in [0.2, 0.25) is 10.9 Å². The van der Waals surface area contributed by atoms with Crippen LogP contribution in [-0.4, -0.2) is 22.7 Å². The Kier molecular flexibility index (Phi) is 4.26. The van der Waals surface area contributed by atoms with Crippen LogP contribution in [0.3, 0.4) is 0 Å². The van der Waals surface area contributed by atoms with Crippen molar-refractivity contribution in [2.45, 2.75) is 12.0 Å². The summed E-state index contributed by atoms with van der Waals surface area (Å²) in [6.07, 6.45) is 0. The van der Waals surface area contributed by atoms with Crippen molar-refractivity contribution in [3.8, 4) is 11.4 Å². The summed E-state index contributed by atoms with van der Waals surface area (Å²) >= 11 is 2.69. The minimum Gasteiger partial charge on any atom is -0.462 e. The number of aromatic nitrogens is 2. The van der Waals surface area contributed by atoms with Crippen LogP contribution in [0.2, 0.25) is 0 Å². The van der Waals surface area contributed by atoms with Gasteiger partial charge in [-0.3, -0.25) is 0 Å². The molecule has 1 unspecified atom stereocenters. The molecule has 0 saturated carbocycles. The Bertz CT molecular complexity index is 569. The van der Waals surface area contributed by atoms with E-state index in [1.807, 2.05) is 0 Å². The maximum absolute atomic E-state index is 12.9. The van der Waals surface area contributed by atoms with Crippen LogP contribution >= 0.6 is 15.9 Å². The fourth-order valence-corrected chi connectivity index (χ4v) is 1.60. The largest absolute Gasteiger partial charge is 0.462 e. The van der Waals surface area contributed by atoms with Crippen molar-refractivity contribution in [3.05, 3.63) is 35.7 Å². The lowest BCUT2D eigenvalue weighted by atomic mass is 10.1. The molecule has 1 atom stereocenters. The molecular weight excluding hydrogens is 319 g/mol. The van der Waals surface area contributed by atoms with Crippen LogP contribution in [0.1, 0.15) is 28.3 Å². The highest BCUT2D eigenvalue weighted by molar-refractivity contribution is 9.09. The molecule has 19 heavy (non-hydrogen) atoms. The second-order valence-electron chi connectivity index (χ2n) is 3.55. The van der Waals surface area contributed by atoms with Gasteiger partial charge in [0.15, 0.2) is 0 Å². The van der Waals surface area contributed by atoms with Crippen LogP contribution in [0.25, 0.3) is 11.4 Å². The average molecular weight is 329 g/mol. The number of ether oxygens (including phenoxy) is 1. The lowest BCUT2D eigenvalue weighted by Crippen LogP contribution is -2.04. The summed E-state index contributed by atoms with van der Waals surface area (Å²) in [6, 6.07) is 6.46. The summed E-state index contributed by atoms with van der Waals surface area (Å²) in [5.41, 5.74) is 1.05. The van der Waals surface area contributed by atoms with Crippen molar-refractivity contribution >= 4 is 21.9 Å². The second-order valence-corrected chi connectivity index (χ2v) is 4.36. The van der Waals surface area contributed by atoms with Crippen molar-refractivity contribution in [2.24, 2.45) is 0 Å². The van der Waals surface area contributed by atoms with Crippen LogP contribution in [0, 0.1) is 0 Å². The van der Waals surface area contributed by atoms with E-state index in [1.54, 1.807) is 31.2 Å². The molecule has 1 heterocycles. The molecular formula is C12H10BrFN2O3. The number of hydrogen-bond donors (Lipinski definition) is 0. The van der Waals surface area contributed by atoms with E-state index in [0.29, 0.717) is 17.7 Å². The van der Waals surface area contributed by atoms with Gasteiger partial charge >= 0.3 is 5.97 Å². The molecule has 1 aromatic carbocycles. The first kappa shape index (κ1) is 13.7. The zero-order valence-electron chi connectivity index (χ0n) is 9.97. The average Bonchev–Trinajstić information content (AvgIpc) is 2.89. The molecule has 0 saturated heterocycles. The first-order valence-corrected chi connectivity index (χ1v) is 6.42. The third-order valence-corrected chi connectivity index (χ3v) is 2.67. The minimum absolute atomic E-state index is 0.149. The molecule has 100 valence electrons. The molecule has 0 bridgehead atoms. The third-order valence-electron chi connectivity index (χ3n) is 2.28. The highest BCUT2D eigenvalue weighted by Gasteiger charge is 2.15. The number of carbonyl (C=O) groups excluding carboxylic acids is 1. The fraction of sp³-hybridized carbons (Fsp3) is 0.250. The van der Waals surface area contributed by atoms with E-state index in [1.165, 1.54) is 0 Å². The van der Waals surface area contributed by atoms with E-state index in [2.05, 4.69) is 26.1 Å². The molecule has 0 fully saturated rings. The van der Waals surface area contributed by atoms with Crippen LogP contribution in [0.5, 0.6) is 0 Å². The lowest BCUT2D eigenvalue weighted by Gasteiger charge is -2.01. The molecule has 0 radical (unpaired) electrons. The van der Waals surface area contributed by atoms with Crippen molar-refractivity contribution in [2.75, 3.05) is 6.61 Å². The molecule has 2 aromatic rings. The zero-order valence-corrected chi connectivity index (χ0v) is 11.6. The topological polar surface area (TPSA) is 65.2 Å². The Labute approximate surface area is 116 Å². The third kappa shape index (κ3) is 3.17.